The number of hydrogen-bond donors (Lipinski definition) is 0. The van der Waals surface area contributed by atoms with E-state index >= 15 is 0 Å². The van der Waals surface area contributed by atoms with Crippen LogP contribution in [0.3, 0.4) is 0 Å². The second-order valence-corrected chi connectivity index (χ2v) is 5.14. The standard InChI is InChI=1S/C16H21NO5/c1-4-5-17-11(2)8-13(12(17)3)14(18)9-22-16(19)15-10-20-6-7-21-15/h8,10H,4-7,9H2,1-3H3. The van der Waals surface area contributed by atoms with Crippen LogP contribution >= 0.6 is 0 Å². The van der Waals surface area contributed by atoms with Crippen molar-refractivity contribution in [3.63, 3.8) is 0 Å². The molecule has 1 aliphatic heterocycles. The van der Waals surface area contributed by atoms with Crippen LogP contribution in [-0.4, -0.2) is 36.1 Å². The first-order valence-corrected chi connectivity index (χ1v) is 7.36. The van der Waals surface area contributed by atoms with Crippen molar-refractivity contribution in [2.45, 2.75) is 33.7 Å². The molecule has 120 valence electrons. The highest BCUT2D eigenvalue weighted by atomic mass is 16.6. The third-order valence-electron chi connectivity index (χ3n) is 3.51. The van der Waals surface area contributed by atoms with E-state index in [-0.39, 0.29) is 18.1 Å². The Labute approximate surface area is 129 Å². The number of carbonyl (C=O) groups is 2. The second kappa shape index (κ2) is 7.15. The summed E-state index contributed by atoms with van der Waals surface area (Å²) in [5.74, 6) is -0.910. The van der Waals surface area contributed by atoms with Gasteiger partial charge in [-0.15, -0.1) is 0 Å². The zero-order chi connectivity index (χ0) is 16.1. The predicted octanol–water partition coefficient (Wildman–Crippen LogP) is 2.13. The second-order valence-electron chi connectivity index (χ2n) is 5.14. The quantitative estimate of drug-likeness (QED) is 0.595. The Kier molecular flexibility index (Phi) is 5.25. The molecule has 0 fully saturated rings. The Morgan fingerprint density at radius 1 is 1.32 bits per heavy atom. The largest absolute Gasteiger partial charge is 0.493 e. The Morgan fingerprint density at radius 3 is 2.73 bits per heavy atom. The molecule has 1 aromatic rings. The van der Waals surface area contributed by atoms with Crippen molar-refractivity contribution in [1.29, 1.82) is 0 Å². The minimum absolute atomic E-state index is 0.00416. The maximum Gasteiger partial charge on any atom is 0.377 e. The van der Waals surface area contributed by atoms with Gasteiger partial charge in [0.1, 0.15) is 19.5 Å². The van der Waals surface area contributed by atoms with Gasteiger partial charge in [-0.25, -0.2) is 4.79 Å². The predicted molar refractivity (Wildman–Crippen MR) is 79.5 cm³/mol. The molecule has 0 atom stereocenters. The summed E-state index contributed by atoms with van der Waals surface area (Å²) in [6.07, 6.45) is 2.20. The van der Waals surface area contributed by atoms with Gasteiger partial charge in [-0.3, -0.25) is 4.79 Å². The summed E-state index contributed by atoms with van der Waals surface area (Å²) >= 11 is 0. The minimum Gasteiger partial charge on any atom is -0.493 e. The summed E-state index contributed by atoms with van der Waals surface area (Å²) in [5.41, 5.74) is 2.52. The molecule has 0 unspecified atom stereocenters. The van der Waals surface area contributed by atoms with Crippen molar-refractivity contribution in [3.8, 4) is 0 Å². The lowest BCUT2D eigenvalue weighted by molar-refractivity contribution is -0.143. The van der Waals surface area contributed by atoms with Crippen LogP contribution in [0.4, 0.5) is 0 Å². The van der Waals surface area contributed by atoms with Crippen LogP contribution in [0.2, 0.25) is 0 Å². The molecule has 1 aliphatic rings. The van der Waals surface area contributed by atoms with Crippen LogP contribution in [0.1, 0.15) is 35.1 Å². The molecule has 0 saturated heterocycles. The van der Waals surface area contributed by atoms with Gasteiger partial charge in [0.25, 0.3) is 0 Å². The SMILES string of the molecule is CCCn1c(C)cc(C(=O)COC(=O)C2=COCCO2)c1C. The first-order chi connectivity index (χ1) is 10.5. The number of nitrogens with zero attached hydrogens (tertiary/aromatic N) is 1. The molecular formula is C16H21NO5. The molecule has 1 aromatic heterocycles. The van der Waals surface area contributed by atoms with E-state index < -0.39 is 5.97 Å². The van der Waals surface area contributed by atoms with Crippen molar-refractivity contribution in [2.75, 3.05) is 19.8 Å². The molecule has 0 radical (unpaired) electrons. The smallest absolute Gasteiger partial charge is 0.377 e. The van der Waals surface area contributed by atoms with Gasteiger partial charge in [-0.05, 0) is 26.3 Å². The van der Waals surface area contributed by atoms with Crippen LogP contribution in [0, 0.1) is 13.8 Å². The van der Waals surface area contributed by atoms with E-state index in [1.807, 2.05) is 19.9 Å². The lowest BCUT2D eigenvalue weighted by Crippen LogP contribution is -2.20. The molecule has 22 heavy (non-hydrogen) atoms. The van der Waals surface area contributed by atoms with Gasteiger partial charge < -0.3 is 18.8 Å². The van der Waals surface area contributed by atoms with E-state index in [9.17, 15) is 9.59 Å². The number of rotatable bonds is 6. The first-order valence-electron chi connectivity index (χ1n) is 7.36. The van der Waals surface area contributed by atoms with Crippen LogP contribution in [-0.2, 0) is 25.5 Å². The zero-order valence-electron chi connectivity index (χ0n) is 13.2. The summed E-state index contributed by atoms with van der Waals surface area (Å²) < 4.78 is 17.2. The van der Waals surface area contributed by atoms with Gasteiger partial charge in [0.2, 0.25) is 11.5 Å². The number of Topliss-reactive ketones (excluding diaryl/α,β-unsaturated/α-hetero) is 1. The Hall–Kier alpha value is -2.24. The Bertz CT molecular complexity index is 600. The zero-order valence-corrected chi connectivity index (χ0v) is 13.2. The van der Waals surface area contributed by atoms with Crippen molar-refractivity contribution in [1.82, 2.24) is 4.57 Å². The number of hydrogen-bond acceptors (Lipinski definition) is 5. The third kappa shape index (κ3) is 3.50. The number of esters is 1. The van der Waals surface area contributed by atoms with Crippen molar-refractivity contribution in [2.24, 2.45) is 0 Å². The molecule has 0 N–H and O–H groups in total. The van der Waals surface area contributed by atoms with Crippen LogP contribution in [0.15, 0.2) is 18.1 Å². The van der Waals surface area contributed by atoms with Gasteiger partial charge in [0, 0.05) is 23.5 Å². The molecule has 0 bridgehead atoms. The van der Waals surface area contributed by atoms with E-state index in [1.54, 1.807) is 0 Å². The summed E-state index contributed by atoms with van der Waals surface area (Å²) in [6, 6.07) is 1.83. The summed E-state index contributed by atoms with van der Waals surface area (Å²) in [4.78, 5) is 24.0. The topological polar surface area (TPSA) is 66.8 Å². The highest BCUT2D eigenvalue weighted by Gasteiger charge is 2.20. The number of ketones is 1. The molecule has 6 heteroatoms. The summed E-state index contributed by atoms with van der Waals surface area (Å²) in [7, 11) is 0. The lowest BCUT2D eigenvalue weighted by atomic mass is 10.1. The molecule has 0 spiro atoms. The molecule has 2 heterocycles. The fourth-order valence-corrected chi connectivity index (χ4v) is 2.41. The molecule has 0 aromatic carbocycles. The van der Waals surface area contributed by atoms with E-state index in [1.165, 1.54) is 6.26 Å². The molecular weight excluding hydrogens is 286 g/mol. The van der Waals surface area contributed by atoms with E-state index in [0.29, 0.717) is 18.8 Å². The average Bonchev–Trinajstić information content (AvgIpc) is 2.81. The lowest BCUT2D eigenvalue weighted by Gasteiger charge is -2.14. The van der Waals surface area contributed by atoms with Gasteiger partial charge >= 0.3 is 5.97 Å². The molecule has 0 amide bonds. The highest BCUT2D eigenvalue weighted by Crippen LogP contribution is 2.17. The van der Waals surface area contributed by atoms with E-state index in [4.69, 9.17) is 14.2 Å². The van der Waals surface area contributed by atoms with Crippen molar-refractivity contribution < 1.29 is 23.8 Å². The number of ether oxygens (including phenoxy) is 3. The van der Waals surface area contributed by atoms with Gasteiger partial charge in [0.15, 0.2) is 6.61 Å². The Balaban J connectivity index is 1.99. The van der Waals surface area contributed by atoms with Crippen molar-refractivity contribution >= 4 is 11.8 Å². The highest BCUT2D eigenvalue weighted by molar-refractivity contribution is 6.00. The maximum absolute atomic E-state index is 12.2. The van der Waals surface area contributed by atoms with E-state index in [0.717, 1.165) is 24.4 Å². The summed E-state index contributed by atoms with van der Waals surface area (Å²) in [5, 5.41) is 0. The monoisotopic (exact) mass is 307 g/mol. The van der Waals surface area contributed by atoms with Gasteiger partial charge in [-0.1, -0.05) is 6.92 Å². The van der Waals surface area contributed by atoms with Crippen LogP contribution < -0.4 is 0 Å². The molecule has 6 nitrogen and oxygen atoms in total. The van der Waals surface area contributed by atoms with Gasteiger partial charge in [0.05, 0.1) is 0 Å². The number of aromatic nitrogens is 1. The van der Waals surface area contributed by atoms with Gasteiger partial charge in [-0.2, -0.15) is 0 Å². The van der Waals surface area contributed by atoms with Crippen LogP contribution in [0.25, 0.3) is 0 Å². The number of carbonyl (C=O) groups excluding carboxylic acids is 2. The molecule has 0 aliphatic carbocycles. The summed E-state index contributed by atoms with van der Waals surface area (Å²) in [6.45, 7) is 7.20. The molecule has 0 saturated carbocycles. The van der Waals surface area contributed by atoms with Crippen molar-refractivity contribution in [3.05, 3.63) is 35.0 Å². The average molecular weight is 307 g/mol. The van der Waals surface area contributed by atoms with Crippen LogP contribution in [0.5, 0.6) is 0 Å². The minimum atomic E-state index is -0.685. The molecule has 2 rings (SSSR count). The third-order valence-corrected chi connectivity index (χ3v) is 3.51. The first kappa shape index (κ1) is 16.1. The number of aryl methyl sites for hydroxylation is 1. The maximum atomic E-state index is 12.2. The normalized spacial score (nSPS) is 13.9. The van der Waals surface area contributed by atoms with E-state index in [2.05, 4.69) is 11.5 Å². The Morgan fingerprint density at radius 2 is 2.09 bits per heavy atom. The fourth-order valence-electron chi connectivity index (χ4n) is 2.41. The fraction of sp³-hybridized carbons (Fsp3) is 0.500.